The van der Waals surface area contributed by atoms with Crippen LogP contribution in [-0.2, 0) is 0 Å². The lowest BCUT2D eigenvalue weighted by Crippen LogP contribution is -2.15. The SMILES string of the molecule is CC1=C(Nc2nc(-c3ccccc3Cl)nc3ccccc23)c2cccc(F)c2C(C)C1. The van der Waals surface area contributed by atoms with Crippen LogP contribution in [0, 0.1) is 5.82 Å². The van der Waals surface area contributed by atoms with E-state index in [1.807, 2.05) is 54.6 Å². The van der Waals surface area contributed by atoms with Gasteiger partial charge in [0.05, 0.1) is 10.5 Å². The first-order valence-electron chi connectivity index (χ1n) is 10.3. The third-order valence-electron chi connectivity index (χ3n) is 5.82. The van der Waals surface area contributed by atoms with Crippen LogP contribution in [0.5, 0.6) is 0 Å². The van der Waals surface area contributed by atoms with Gasteiger partial charge in [-0.25, -0.2) is 14.4 Å². The van der Waals surface area contributed by atoms with Crippen LogP contribution < -0.4 is 5.32 Å². The Morgan fingerprint density at radius 3 is 2.52 bits per heavy atom. The summed E-state index contributed by atoms with van der Waals surface area (Å²) in [5.41, 5.74) is 5.30. The van der Waals surface area contributed by atoms with E-state index in [4.69, 9.17) is 21.6 Å². The lowest BCUT2D eigenvalue weighted by molar-refractivity contribution is 0.582. The van der Waals surface area contributed by atoms with Gasteiger partial charge >= 0.3 is 0 Å². The van der Waals surface area contributed by atoms with Crippen molar-refractivity contribution in [3.8, 4) is 11.4 Å². The zero-order valence-electron chi connectivity index (χ0n) is 17.3. The van der Waals surface area contributed by atoms with Crippen molar-refractivity contribution >= 4 is 34.0 Å². The average Bonchev–Trinajstić information content (AvgIpc) is 2.76. The first-order chi connectivity index (χ1) is 15.0. The maximum absolute atomic E-state index is 14.7. The molecule has 0 amide bonds. The van der Waals surface area contributed by atoms with E-state index < -0.39 is 0 Å². The maximum atomic E-state index is 14.7. The number of aromatic nitrogens is 2. The second-order valence-electron chi connectivity index (χ2n) is 7.98. The van der Waals surface area contributed by atoms with Crippen LogP contribution in [0.4, 0.5) is 10.2 Å². The highest BCUT2D eigenvalue weighted by atomic mass is 35.5. The maximum Gasteiger partial charge on any atom is 0.163 e. The van der Waals surface area contributed by atoms with Crippen LogP contribution in [0.1, 0.15) is 37.3 Å². The number of nitrogens with zero attached hydrogens (tertiary/aromatic N) is 2. The highest BCUT2D eigenvalue weighted by molar-refractivity contribution is 6.33. The summed E-state index contributed by atoms with van der Waals surface area (Å²) in [7, 11) is 0. The summed E-state index contributed by atoms with van der Waals surface area (Å²) < 4.78 is 14.7. The molecule has 1 N–H and O–H groups in total. The second-order valence-corrected chi connectivity index (χ2v) is 8.39. The Balaban J connectivity index is 1.69. The predicted octanol–water partition coefficient (Wildman–Crippen LogP) is 7.44. The third-order valence-corrected chi connectivity index (χ3v) is 6.15. The number of rotatable bonds is 3. The van der Waals surface area contributed by atoms with E-state index in [1.54, 1.807) is 6.07 Å². The fourth-order valence-electron chi connectivity index (χ4n) is 4.38. The van der Waals surface area contributed by atoms with Gasteiger partial charge in [0.2, 0.25) is 0 Å². The molecule has 0 bridgehead atoms. The minimum Gasteiger partial charge on any atom is -0.339 e. The smallest absolute Gasteiger partial charge is 0.163 e. The van der Waals surface area contributed by atoms with Crippen LogP contribution in [-0.4, -0.2) is 9.97 Å². The highest BCUT2D eigenvalue weighted by Gasteiger charge is 2.26. The third kappa shape index (κ3) is 3.47. The van der Waals surface area contributed by atoms with Gasteiger partial charge in [-0.1, -0.05) is 54.9 Å². The number of nitrogens with one attached hydrogen (secondary N) is 1. The van der Waals surface area contributed by atoms with Gasteiger partial charge in [0.1, 0.15) is 11.6 Å². The molecule has 1 atom stereocenters. The van der Waals surface area contributed by atoms with Crippen molar-refractivity contribution in [2.75, 3.05) is 5.32 Å². The van der Waals surface area contributed by atoms with E-state index in [-0.39, 0.29) is 11.7 Å². The normalized spacial score (nSPS) is 15.8. The van der Waals surface area contributed by atoms with Crippen molar-refractivity contribution in [3.63, 3.8) is 0 Å². The number of para-hydroxylation sites is 1. The quantitative estimate of drug-likeness (QED) is 0.367. The number of halogens is 2. The van der Waals surface area contributed by atoms with Gasteiger partial charge in [-0.05, 0) is 55.2 Å². The lowest BCUT2D eigenvalue weighted by atomic mass is 9.82. The van der Waals surface area contributed by atoms with E-state index in [0.29, 0.717) is 16.7 Å². The van der Waals surface area contributed by atoms with E-state index in [9.17, 15) is 4.39 Å². The van der Waals surface area contributed by atoms with Crippen LogP contribution in [0.2, 0.25) is 5.02 Å². The summed E-state index contributed by atoms with van der Waals surface area (Å²) in [4.78, 5) is 9.58. The fourth-order valence-corrected chi connectivity index (χ4v) is 4.60. The molecule has 0 fully saturated rings. The number of benzene rings is 3. The fraction of sp³-hybridized carbons (Fsp3) is 0.154. The van der Waals surface area contributed by atoms with Gasteiger partial charge in [-0.15, -0.1) is 0 Å². The molecule has 0 saturated carbocycles. The number of hydrogen-bond acceptors (Lipinski definition) is 3. The molecule has 1 aliphatic carbocycles. The summed E-state index contributed by atoms with van der Waals surface area (Å²) in [6.45, 7) is 4.16. The summed E-state index contributed by atoms with van der Waals surface area (Å²) in [5.74, 6) is 1.19. The Hall–Kier alpha value is -3.24. The topological polar surface area (TPSA) is 37.8 Å². The number of anilines is 1. The van der Waals surface area contributed by atoms with Crippen molar-refractivity contribution in [1.82, 2.24) is 9.97 Å². The number of hydrogen-bond donors (Lipinski definition) is 1. The summed E-state index contributed by atoms with van der Waals surface area (Å²) in [5, 5.41) is 5.02. The Labute approximate surface area is 185 Å². The minimum absolute atomic E-state index is 0.127. The monoisotopic (exact) mass is 429 g/mol. The molecule has 154 valence electrons. The van der Waals surface area contributed by atoms with Crippen molar-refractivity contribution in [2.45, 2.75) is 26.2 Å². The first kappa shape index (κ1) is 19.7. The molecule has 3 aromatic carbocycles. The number of fused-ring (bicyclic) bond motifs is 2. The molecule has 0 saturated heterocycles. The largest absolute Gasteiger partial charge is 0.339 e. The summed E-state index contributed by atoms with van der Waals surface area (Å²) >= 11 is 6.43. The lowest BCUT2D eigenvalue weighted by Gasteiger charge is -2.28. The Kier molecular flexibility index (Phi) is 4.95. The summed E-state index contributed by atoms with van der Waals surface area (Å²) in [6, 6.07) is 20.7. The van der Waals surface area contributed by atoms with Gasteiger partial charge in [-0.3, -0.25) is 0 Å². The molecule has 5 heteroatoms. The first-order valence-corrected chi connectivity index (χ1v) is 10.7. The van der Waals surface area contributed by atoms with Crippen molar-refractivity contribution in [2.24, 2.45) is 0 Å². The van der Waals surface area contributed by atoms with E-state index in [0.717, 1.165) is 39.7 Å². The molecular formula is C26H21ClFN3. The van der Waals surface area contributed by atoms with Crippen LogP contribution in [0.3, 0.4) is 0 Å². The zero-order chi connectivity index (χ0) is 21.5. The van der Waals surface area contributed by atoms with Crippen LogP contribution in [0.15, 0.2) is 72.3 Å². The van der Waals surface area contributed by atoms with E-state index in [1.165, 1.54) is 11.6 Å². The van der Waals surface area contributed by atoms with Crippen molar-refractivity contribution < 1.29 is 4.39 Å². The van der Waals surface area contributed by atoms with Crippen molar-refractivity contribution in [1.29, 1.82) is 0 Å². The minimum atomic E-state index is -0.166. The average molecular weight is 430 g/mol. The van der Waals surface area contributed by atoms with Gasteiger partial charge in [0.15, 0.2) is 5.82 Å². The molecule has 1 heterocycles. The van der Waals surface area contributed by atoms with Crippen LogP contribution >= 0.6 is 11.6 Å². The standard InChI is InChI=1S/C26H21ClFN3/c1-15-14-16(2)24(19-10-7-12-21(28)23(15)19)30-26-18-9-4-6-13-22(18)29-25(31-26)17-8-3-5-11-20(17)27/h3-13,15H,14H2,1-2H3,(H,29,30,31). The van der Waals surface area contributed by atoms with E-state index in [2.05, 4.69) is 19.2 Å². The second kappa shape index (κ2) is 7.78. The molecule has 31 heavy (non-hydrogen) atoms. The van der Waals surface area contributed by atoms with Gasteiger partial charge < -0.3 is 5.32 Å². The molecule has 4 aromatic rings. The van der Waals surface area contributed by atoms with Gasteiger partial charge in [0.25, 0.3) is 0 Å². The van der Waals surface area contributed by atoms with E-state index >= 15 is 0 Å². The predicted molar refractivity (Wildman–Crippen MR) is 126 cm³/mol. The zero-order valence-corrected chi connectivity index (χ0v) is 18.0. The molecule has 0 aliphatic heterocycles. The molecule has 3 nitrogen and oxygen atoms in total. The van der Waals surface area contributed by atoms with Crippen molar-refractivity contribution in [3.05, 3.63) is 94.3 Å². The summed E-state index contributed by atoms with van der Waals surface area (Å²) in [6.07, 6.45) is 0.788. The molecular weight excluding hydrogens is 409 g/mol. The Morgan fingerprint density at radius 2 is 1.68 bits per heavy atom. The molecule has 0 radical (unpaired) electrons. The Morgan fingerprint density at radius 1 is 0.935 bits per heavy atom. The molecule has 1 aliphatic rings. The highest BCUT2D eigenvalue weighted by Crippen LogP contribution is 2.40. The molecule has 0 spiro atoms. The molecule has 1 unspecified atom stereocenters. The molecule has 5 rings (SSSR count). The molecule has 1 aromatic heterocycles. The van der Waals surface area contributed by atoms with Gasteiger partial charge in [-0.2, -0.15) is 0 Å². The number of allylic oxidation sites excluding steroid dienone is 1. The van der Waals surface area contributed by atoms with Gasteiger partial charge in [0, 0.05) is 27.8 Å². The Bertz CT molecular complexity index is 1350. The van der Waals surface area contributed by atoms with Crippen LogP contribution in [0.25, 0.3) is 28.0 Å².